The van der Waals surface area contributed by atoms with Crippen molar-refractivity contribution < 1.29 is 0 Å². The quantitative estimate of drug-likeness (QED) is 0.676. The smallest absolute Gasteiger partial charge is 0.0116 e. The zero-order chi connectivity index (χ0) is 7.68. The molecule has 1 saturated heterocycles. The van der Waals surface area contributed by atoms with Gasteiger partial charge in [-0.25, -0.2) is 0 Å². The molecule has 2 heterocycles. The summed E-state index contributed by atoms with van der Waals surface area (Å²) >= 11 is 1.88. The molecule has 2 unspecified atom stereocenters. The van der Waals surface area contributed by atoms with Crippen molar-refractivity contribution in [3.8, 4) is 0 Å². The second kappa shape index (κ2) is 2.95. The molecule has 0 aliphatic carbocycles. The van der Waals surface area contributed by atoms with E-state index in [2.05, 4.69) is 29.8 Å². The van der Waals surface area contributed by atoms with Gasteiger partial charge in [0.1, 0.15) is 0 Å². The SMILES string of the molecule is CC1NCCC1c1cccs1. The maximum Gasteiger partial charge on any atom is 0.0116 e. The Hall–Kier alpha value is -0.340. The van der Waals surface area contributed by atoms with Gasteiger partial charge in [0.05, 0.1) is 0 Å². The van der Waals surface area contributed by atoms with E-state index < -0.39 is 0 Å². The van der Waals surface area contributed by atoms with Crippen LogP contribution in [0, 0.1) is 0 Å². The first kappa shape index (κ1) is 7.32. The Morgan fingerprint density at radius 3 is 3.09 bits per heavy atom. The molecule has 1 fully saturated rings. The minimum atomic E-state index is 0.675. The average Bonchev–Trinajstić information content (AvgIpc) is 2.55. The topological polar surface area (TPSA) is 12.0 Å². The van der Waals surface area contributed by atoms with Crippen LogP contribution in [-0.4, -0.2) is 12.6 Å². The van der Waals surface area contributed by atoms with E-state index >= 15 is 0 Å². The number of nitrogens with one attached hydrogen (secondary N) is 1. The molecule has 1 aromatic rings. The number of hydrogen-bond acceptors (Lipinski definition) is 2. The summed E-state index contributed by atoms with van der Waals surface area (Å²) in [4.78, 5) is 1.54. The highest BCUT2D eigenvalue weighted by atomic mass is 32.1. The molecule has 1 aliphatic heterocycles. The van der Waals surface area contributed by atoms with Gasteiger partial charge in [-0.05, 0) is 31.3 Å². The van der Waals surface area contributed by atoms with Crippen molar-refractivity contribution in [2.45, 2.75) is 25.3 Å². The maximum absolute atomic E-state index is 3.46. The maximum atomic E-state index is 3.46. The average molecular weight is 167 g/mol. The number of rotatable bonds is 1. The molecule has 0 amide bonds. The van der Waals surface area contributed by atoms with E-state index in [1.54, 1.807) is 4.88 Å². The summed E-state index contributed by atoms with van der Waals surface area (Å²) in [6.07, 6.45) is 1.31. The Kier molecular flexibility index (Phi) is 1.96. The van der Waals surface area contributed by atoms with Crippen molar-refractivity contribution in [3.63, 3.8) is 0 Å². The first-order valence-corrected chi connectivity index (χ1v) is 5.02. The normalized spacial score (nSPS) is 31.0. The fourth-order valence-corrected chi connectivity index (χ4v) is 2.72. The van der Waals surface area contributed by atoms with Crippen LogP contribution in [0.3, 0.4) is 0 Å². The van der Waals surface area contributed by atoms with Crippen LogP contribution in [0.15, 0.2) is 17.5 Å². The summed E-state index contributed by atoms with van der Waals surface area (Å²) in [5.74, 6) is 0.773. The lowest BCUT2D eigenvalue weighted by Crippen LogP contribution is -2.20. The lowest BCUT2D eigenvalue weighted by atomic mass is 10.0. The third-order valence-electron chi connectivity index (χ3n) is 2.43. The molecule has 2 heteroatoms. The standard InChI is InChI=1S/C9H13NS/c1-7-8(4-5-10-7)9-3-2-6-11-9/h2-3,6-8,10H,4-5H2,1H3. The van der Waals surface area contributed by atoms with Crippen LogP contribution in [0.1, 0.15) is 24.1 Å². The van der Waals surface area contributed by atoms with E-state index in [4.69, 9.17) is 0 Å². The van der Waals surface area contributed by atoms with Crippen molar-refractivity contribution in [1.29, 1.82) is 0 Å². The predicted octanol–water partition coefficient (Wildman–Crippen LogP) is 2.21. The van der Waals surface area contributed by atoms with E-state index in [0.717, 1.165) is 5.92 Å². The summed E-state index contributed by atoms with van der Waals surface area (Å²) < 4.78 is 0. The molecule has 0 bridgehead atoms. The highest BCUT2D eigenvalue weighted by Gasteiger charge is 2.24. The van der Waals surface area contributed by atoms with Crippen molar-refractivity contribution in [1.82, 2.24) is 5.32 Å². The fraction of sp³-hybridized carbons (Fsp3) is 0.556. The molecular formula is C9H13NS. The Bertz CT molecular complexity index is 217. The fourth-order valence-electron chi connectivity index (χ4n) is 1.75. The molecule has 11 heavy (non-hydrogen) atoms. The van der Waals surface area contributed by atoms with Gasteiger partial charge < -0.3 is 5.32 Å². The highest BCUT2D eigenvalue weighted by Crippen LogP contribution is 2.30. The Morgan fingerprint density at radius 2 is 2.55 bits per heavy atom. The zero-order valence-electron chi connectivity index (χ0n) is 6.71. The van der Waals surface area contributed by atoms with Gasteiger partial charge in [-0.15, -0.1) is 11.3 Å². The second-order valence-corrected chi connectivity index (χ2v) is 4.13. The Labute approximate surface area is 71.4 Å². The molecule has 0 spiro atoms. The van der Waals surface area contributed by atoms with Gasteiger partial charge in [-0.1, -0.05) is 6.07 Å². The van der Waals surface area contributed by atoms with E-state index in [9.17, 15) is 0 Å². The molecule has 2 rings (SSSR count). The molecule has 2 atom stereocenters. The predicted molar refractivity (Wildman–Crippen MR) is 49.1 cm³/mol. The minimum absolute atomic E-state index is 0.675. The van der Waals surface area contributed by atoms with Crippen LogP contribution < -0.4 is 5.32 Å². The monoisotopic (exact) mass is 167 g/mol. The summed E-state index contributed by atoms with van der Waals surface area (Å²) in [5, 5.41) is 5.63. The van der Waals surface area contributed by atoms with Crippen molar-refractivity contribution in [3.05, 3.63) is 22.4 Å². The number of thiophene rings is 1. The Morgan fingerprint density at radius 1 is 1.64 bits per heavy atom. The third kappa shape index (κ3) is 1.33. The van der Waals surface area contributed by atoms with Crippen molar-refractivity contribution in [2.24, 2.45) is 0 Å². The van der Waals surface area contributed by atoms with Gasteiger partial charge in [0.2, 0.25) is 0 Å². The van der Waals surface area contributed by atoms with Gasteiger partial charge in [0.15, 0.2) is 0 Å². The molecule has 1 N–H and O–H groups in total. The van der Waals surface area contributed by atoms with Gasteiger partial charge in [0.25, 0.3) is 0 Å². The van der Waals surface area contributed by atoms with E-state index in [-0.39, 0.29) is 0 Å². The number of hydrogen-bond donors (Lipinski definition) is 1. The molecule has 0 aromatic carbocycles. The van der Waals surface area contributed by atoms with Gasteiger partial charge in [0, 0.05) is 16.8 Å². The zero-order valence-corrected chi connectivity index (χ0v) is 7.53. The van der Waals surface area contributed by atoms with Gasteiger partial charge in [-0.2, -0.15) is 0 Å². The van der Waals surface area contributed by atoms with Crippen LogP contribution in [0.4, 0.5) is 0 Å². The molecular weight excluding hydrogens is 154 g/mol. The highest BCUT2D eigenvalue weighted by molar-refractivity contribution is 7.10. The molecule has 1 aromatic heterocycles. The van der Waals surface area contributed by atoms with E-state index in [1.807, 2.05) is 11.3 Å². The summed E-state index contributed by atoms with van der Waals surface area (Å²) in [6.45, 7) is 3.46. The molecule has 0 radical (unpaired) electrons. The van der Waals surface area contributed by atoms with Crippen LogP contribution in [-0.2, 0) is 0 Å². The first-order chi connectivity index (χ1) is 5.38. The van der Waals surface area contributed by atoms with Crippen molar-refractivity contribution in [2.75, 3.05) is 6.54 Å². The molecule has 60 valence electrons. The molecule has 0 saturated carbocycles. The first-order valence-electron chi connectivity index (χ1n) is 4.15. The second-order valence-electron chi connectivity index (χ2n) is 3.15. The van der Waals surface area contributed by atoms with Gasteiger partial charge in [-0.3, -0.25) is 0 Å². The van der Waals surface area contributed by atoms with Crippen LogP contribution in [0.2, 0.25) is 0 Å². The van der Waals surface area contributed by atoms with Crippen LogP contribution in [0.25, 0.3) is 0 Å². The molecule has 1 nitrogen and oxygen atoms in total. The largest absolute Gasteiger partial charge is 0.314 e. The minimum Gasteiger partial charge on any atom is -0.314 e. The van der Waals surface area contributed by atoms with Gasteiger partial charge >= 0.3 is 0 Å². The lowest BCUT2D eigenvalue weighted by Gasteiger charge is -2.11. The lowest BCUT2D eigenvalue weighted by molar-refractivity contribution is 0.601. The summed E-state index contributed by atoms with van der Waals surface area (Å²) in [5.41, 5.74) is 0. The Balaban J connectivity index is 2.16. The van der Waals surface area contributed by atoms with E-state index in [1.165, 1.54) is 13.0 Å². The van der Waals surface area contributed by atoms with Crippen LogP contribution >= 0.6 is 11.3 Å². The van der Waals surface area contributed by atoms with Crippen LogP contribution in [0.5, 0.6) is 0 Å². The van der Waals surface area contributed by atoms with Crippen molar-refractivity contribution >= 4 is 11.3 Å². The third-order valence-corrected chi connectivity index (χ3v) is 3.44. The summed E-state index contributed by atoms with van der Waals surface area (Å²) in [7, 11) is 0. The molecule has 1 aliphatic rings. The summed E-state index contributed by atoms with van der Waals surface area (Å²) in [6, 6.07) is 5.07. The van der Waals surface area contributed by atoms with E-state index in [0.29, 0.717) is 6.04 Å².